The lowest BCUT2D eigenvalue weighted by molar-refractivity contribution is 0.177. The van der Waals surface area contributed by atoms with Crippen molar-refractivity contribution in [2.75, 3.05) is 20.3 Å². The Balaban J connectivity index is 2.63. The maximum atomic E-state index is 13.0. The summed E-state index contributed by atoms with van der Waals surface area (Å²) >= 11 is 0. The van der Waals surface area contributed by atoms with E-state index in [9.17, 15) is 17.2 Å². The summed E-state index contributed by atoms with van der Waals surface area (Å²) in [5.41, 5.74) is 5.63. The SMILES string of the molecule is COCC(N)CCNS(=O)(=O)c1ccc(F)c(F)c1. The number of ether oxygens (including phenoxy) is 1. The molecule has 1 rings (SSSR count). The summed E-state index contributed by atoms with van der Waals surface area (Å²) in [5.74, 6) is -2.31. The first-order chi connectivity index (χ1) is 8.86. The van der Waals surface area contributed by atoms with E-state index in [0.717, 1.165) is 12.1 Å². The highest BCUT2D eigenvalue weighted by Crippen LogP contribution is 2.13. The van der Waals surface area contributed by atoms with Gasteiger partial charge in [-0.1, -0.05) is 0 Å². The Morgan fingerprint density at radius 1 is 1.37 bits per heavy atom. The molecule has 0 saturated carbocycles. The molecule has 8 heteroatoms. The Morgan fingerprint density at radius 3 is 2.63 bits per heavy atom. The second-order valence-electron chi connectivity index (χ2n) is 3.98. The number of hydrogen-bond donors (Lipinski definition) is 2. The summed E-state index contributed by atoms with van der Waals surface area (Å²) in [5, 5.41) is 0. The molecule has 108 valence electrons. The number of hydrogen-bond acceptors (Lipinski definition) is 4. The number of methoxy groups -OCH3 is 1. The zero-order valence-electron chi connectivity index (χ0n) is 10.4. The molecule has 0 aliphatic heterocycles. The molecule has 1 atom stereocenters. The van der Waals surface area contributed by atoms with Gasteiger partial charge in [0.15, 0.2) is 11.6 Å². The number of nitrogens with one attached hydrogen (secondary N) is 1. The normalized spacial score (nSPS) is 13.5. The minimum Gasteiger partial charge on any atom is -0.383 e. The van der Waals surface area contributed by atoms with Crippen molar-refractivity contribution in [2.45, 2.75) is 17.4 Å². The summed E-state index contributed by atoms with van der Waals surface area (Å²) in [6, 6.07) is 2.10. The van der Waals surface area contributed by atoms with Crippen molar-refractivity contribution in [2.24, 2.45) is 5.73 Å². The summed E-state index contributed by atoms with van der Waals surface area (Å²) in [6.07, 6.45) is 0.372. The van der Waals surface area contributed by atoms with E-state index in [-0.39, 0.29) is 17.5 Å². The molecular weight excluding hydrogens is 278 g/mol. The second-order valence-corrected chi connectivity index (χ2v) is 5.74. The maximum Gasteiger partial charge on any atom is 0.240 e. The molecule has 0 radical (unpaired) electrons. The lowest BCUT2D eigenvalue weighted by atomic mass is 10.2. The van der Waals surface area contributed by atoms with Gasteiger partial charge >= 0.3 is 0 Å². The van der Waals surface area contributed by atoms with E-state index < -0.39 is 21.7 Å². The van der Waals surface area contributed by atoms with Gasteiger partial charge in [-0.3, -0.25) is 0 Å². The first-order valence-corrected chi connectivity index (χ1v) is 7.04. The van der Waals surface area contributed by atoms with Gasteiger partial charge in [-0.25, -0.2) is 21.9 Å². The summed E-state index contributed by atoms with van der Waals surface area (Å²) in [7, 11) is -2.37. The van der Waals surface area contributed by atoms with Gasteiger partial charge in [0.1, 0.15) is 0 Å². The van der Waals surface area contributed by atoms with Gasteiger partial charge in [-0.2, -0.15) is 0 Å². The summed E-state index contributed by atoms with van der Waals surface area (Å²) in [6.45, 7) is 0.402. The van der Waals surface area contributed by atoms with Crippen molar-refractivity contribution in [1.29, 1.82) is 0 Å². The molecule has 0 saturated heterocycles. The van der Waals surface area contributed by atoms with E-state index in [2.05, 4.69) is 4.72 Å². The molecule has 5 nitrogen and oxygen atoms in total. The lowest BCUT2D eigenvalue weighted by Gasteiger charge is -2.11. The molecule has 0 fully saturated rings. The number of nitrogens with two attached hydrogens (primary N) is 1. The average Bonchev–Trinajstić information content (AvgIpc) is 2.32. The third-order valence-corrected chi connectivity index (χ3v) is 3.85. The van der Waals surface area contributed by atoms with Crippen LogP contribution in [0.1, 0.15) is 6.42 Å². The third kappa shape index (κ3) is 4.83. The third-order valence-electron chi connectivity index (χ3n) is 2.39. The number of benzene rings is 1. The number of rotatable bonds is 7. The fourth-order valence-electron chi connectivity index (χ4n) is 1.40. The fraction of sp³-hybridized carbons (Fsp3) is 0.455. The quantitative estimate of drug-likeness (QED) is 0.772. The first-order valence-electron chi connectivity index (χ1n) is 5.56. The number of halogens is 2. The van der Waals surface area contributed by atoms with Gasteiger partial charge in [-0.05, 0) is 24.6 Å². The standard InChI is InChI=1S/C11H16F2N2O3S/c1-18-7-8(14)4-5-15-19(16,17)9-2-3-10(12)11(13)6-9/h2-3,6,8,15H,4-5,7,14H2,1H3. The van der Waals surface area contributed by atoms with E-state index in [4.69, 9.17) is 10.5 Å². The fourth-order valence-corrected chi connectivity index (χ4v) is 2.46. The van der Waals surface area contributed by atoms with Gasteiger partial charge in [-0.15, -0.1) is 0 Å². The topological polar surface area (TPSA) is 81.4 Å². The molecule has 3 N–H and O–H groups in total. The van der Waals surface area contributed by atoms with Gasteiger partial charge in [0, 0.05) is 19.7 Å². The Kier molecular flexibility index (Phi) is 5.80. The van der Waals surface area contributed by atoms with Gasteiger partial charge in [0.25, 0.3) is 0 Å². The van der Waals surface area contributed by atoms with Crippen molar-refractivity contribution < 1.29 is 21.9 Å². The van der Waals surface area contributed by atoms with Crippen LogP contribution >= 0.6 is 0 Å². The molecule has 1 aromatic carbocycles. The molecule has 0 aromatic heterocycles. The molecular formula is C11H16F2N2O3S. The highest BCUT2D eigenvalue weighted by Gasteiger charge is 2.16. The zero-order chi connectivity index (χ0) is 14.5. The monoisotopic (exact) mass is 294 g/mol. The first kappa shape index (κ1) is 16.0. The Morgan fingerprint density at radius 2 is 2.05 bits per heavy atom. The smallest absolute Gasteiger partial charge is 0.240 e. The van der Waals surface area contributed by atoms with Crippen LogP contribution in [0, 0.1) is 11.6 Å². The zero-order valence-corrected chi connectivity index (χ0v) is 11.2. The molecule has 1 aromatic rings. The molecule has 0 aliphatic rings. The largest absolute Gasteiger partial charge is 0.383 e. The molecule has 19 heavy (non-hydrogen) atoms. The van der Waals surface area contributed by atoms with Crippen LogP contribution in [0.4, 0.5) is 8.78 Å². The van der Waals surface area contributed by atoms with E-state index in [0.29, 0.717) is 19.1 Å². The Labute approximate surface area is 110 Å². The summed E-state index contributed by atoms with van der Waals surface area (Å²) < 4.78 is 56.3. The Hall–Kier alpha value is -1.09. The molecule has 0 bridgehead atoms. The predicted molar refractivity (Wildman–Crippen MR) is 66.0 cm³/mol. The molecule has 1 unspecified atom stereocenters. The predicted octanol–water partition coefficient (Wildman–Crippen LogP) is 0.607. The minimum atomic E-state index is -3.86. The maximum absolute atomic E-state index is 13.0. The van der Waals surface area contributed by atoms with Crippen molar-refractivity contribution in [3.8, 4) is 0 Å². The van der Waals surface area contributed by atoms with Crippen LogP contribution in [0.25, 0.3) is 0 Å². The van der Waals surface area contributed by atoms with Crippen LogP contribution in [0.5, 0.6) is 0 Å². The molecule has 0 heterocycles. The van der Waals surface area contributed by atoms with E-state index in [1.165, 1.54) is 7.11 Å². The van der Waals surface area contributed by atoms with Crippen molar-refractivity contribution in [1.82, 2.24) is 4.72 Å². The van der Waals surface area contributed by atoms with Crippen LogP contribution in [0.3, 0.4) is 0 Å². The van der Waals surface area contributed by atoms with Crippen LogP contribution < -0.4 is 10.5 Å². The van der Waals surface area contributed by atoms with Gasteiger partial charge in [0.05, 0.1) is 11.5 Å². The van der Waals surface area contributed by atoms with Crippen molar-refractivity contribution in [3.05, 3.63) is 29.8 Å². The molecule has 0 amide bonds. The molecule has 0 aliphatic carbocycles. The number of sulfonamides is 1. The highest BCUT2D eigenvalue weighted by atomic mass is 32.2. The van der Waals surface area contributed by atoms with Crippen LogP contribution in [-0.2, 0) is 14.8 Å². The lowest BCUT2D eigenvalue weighted by Crippen LogP contribution is -2.33. The van der Waals surface area contributed by atoms with Crippen molar-refractivity contribution >= 4 is 10.0 Å². The minimum absolute atomic E-state index is 0.0891. The average molecular weight is 294 g/mol. The van der Waals surface area contributed by atoms with Crippen LogP contribution in [-0.4, -0.2) is 34.7 Å². The van der Waals surface area contributed by atoms with E-state index in [1.54, 1.807) is 0 Å². The second kappa shape index (κ2) is 6.90. The van der Waals surface area contributed by atoms with E-state index in [1.807, 2.05) is 0 Å². The highest BCUT2D eigenvalue weighted by molar-refractivity contribution is 7.89. The van der Waals surface area contributed by atoms with Crippen molar-refractivity contribution in [3.63, 3.8) is 0 Å². The van der Waals surface area contributed by atoms with Gasteiger partial charge < -0.3 is 10.5 Å². The Bertz CT molecular complexity index is 523. The van der Waals surface area contributed by atoms with Gasteiger partial charge in [0.2, 0.25) is 10.0 Å². The van der Waals surface area contributed by atoms with E-state index >= 15 is 0 Å². The summed E-state index contributed by atoms with van der Waals surface area (Å²) in [4.78, 5) is -0.327. The van der Waals surface area contributed by atoms with Crippen LogP contribution in [0.15, 0.2) is 23.1 Å². The van der Waals surface area contributed by atoms with Crippen LogP contribution in [0.2, 0.25) is 0 Å². The molecule has 0 spiro atoms.